The van der Waals surface area contributed by atoms with E-state index < -0.39 is 0 Å². The van der Waals surface area contributed by atoms with Crippen molar-refractivity contribution in [2.75, 3.05) is 20.7 Å². The highest BCUT2D eigenvalue weighted by Gasteiger charge is 2.21. The van der Waals surface area contributed by atoms with Crippen LogP contribution in [0.25, 0.3) is 0 Å². The van der Waals surface area contributed by atoms with Gasteiger partial charge in [-0.1, -0.05) is 12.1 Å². The number of nitrogens with zero attached hydrogens (tertiary/aromatic N) is 1. The molecule has 1 amide bonds. The topological polar surface area (TPSA) is 84.0 Å². The summed E-state index contributed by atoms with van der Waals surface area (Å²) in [5.74, 6) is 2.40. The molecule has 3 N–H and O–H groups in total. The lowest BCUT2D eigenvalue weighted by Crippen LogP contribution is -2.36. The lowest BCUT2D eigenvalue weighted by Gasteiger charge is -2.16. The zero-order chi connectivity index (χ0) is 21.5. The van der Waals surface area contributed by atoms with E-state index in [1.807, 2.05) is 31.2 Å². The molecule has 0 fully saturated rings. The molecule has 7 nitrogen and oxygen atoms in total. The highest BCUT2D eigenvalue weighted by atomic mass is 16.5. The minimum absolute atomic E-state index is 0.0928. The third-order valence-corrected chi connectivity index (χ3v) is 4.95. The summed E-state index contributed by atoms with van der Waals surface area (Å²) in [6.45, 7) is 5.83. The van der Waals surface area contributed by atoms with Crippen molar-refractivity contribution in [3.05, 3.63) is 58.7 Å². The Balaban J connectivity index is 1.60. The Kier molecular flexibility index (Phi) is 7.17. The number of carbonyl (C=O) groups excluding carboxylic acids is 1. The average molecular weight is 411 g/mol. The highest BCUT2D eigenvalue weighted by molar-refractivity contribution is 5.93. The minimum Gasteiger partial charge on any atom is -0.494 e. The average Bonchev–Trinajstić information content (AvgIpc) is 3.12. The van der Waals surface area contributed by atoms with Gasteiger partial charge in [0.2, 0.25) is 0 Å². The van der Waals surface area contributed by atoms with Gasteiger partial charge in [0.25, 0.3) is 5.91 Å². The van der Waals surface area contributed by atoms with Crippen LogP contribution in [-0.2, 0) is 19.5 Å². The van der Waals surface area contributed by atoms with Crippen LogP contribution in [0.15, 0.2) is 41.4 Å². The number of carbonyl (C=O) groups is 1. The molecule has 3 rings (SSSR count). The summed E-state index contributed by atoms with van der Waals surface area (Å²) < 4.78 is 11.7. The van der Waals surface area contributed by atoms with Crippen LogP contribution in [0.3, 0.4) is 0 Å². The number of nitrogens with one attached hydrogen (secondary N) is 3. The zero-order valence-corrected chi connectivity index (χ0v) is 18.0. The van der Waals surface area contributed by atoms with Crippen LogP contribution in [0.2, 0.25) is 0 Å². The Labute approximate surface area is 177 Å². The summed E-state index contributed by atoms with van der Waals surface area (Å²) in [5, 5.41) is 9.25. The van der Waals surface area contributed by atoms with Gasteiger partial charge in [0.15, 0.2) is 5.96 Å². The zero-order valence-electron chi connectivity index (χ0n) is 18.0. The van der Waals surface area contributed by atoms with Crippen LogP contribution in [0.5, 0.6) is 11.5 Å². The molecule has 160 valence electrons. The Morgan fingerprint density at radius 2 is 1.93 bits per heavy atom. The number of ether oxygens (including phenoxy) is 2. The number of hydrogen-bond donors (Lipinski definition) is 3. The Morgan fingerprint density at radius 1 is 1.20 bits per heavy atom. The fraction of sp³-hybridized carbons (Fsp3) is 0.391. The summed E-state index contributed by atoms with van der Waals surface area (Å²) >= 11 is 0. The molecule has 0 bridgehead atoms. The van der Waals surface area contributed by atoms with E-state index >= 15 is 0 Å². The maximum absolute atomic E-state index is 11.6. The first-order valence-electron chi connectivity index (χ1n) is 10.2. The normalized spacial score (nSPS) is 15.2. The molecule has 1 heterocycles. The van der Waals surface area contributed by atoms with E-state index in [2.05, 4.69) is 40.0 Å². The van der Waals surface area contributed by atoms with E-state index in [0.29, 0.717) is 31.2 Å². The van der Waals surface area contributed by atoms with Gasteiger partial charge in [-0.25, -0.2) is 0 Å². The Bertz CT molecular complexity index is 909. The van der Waals surface area contributed by atoms with Gasteiger partial charge in [0, 0.05) is 50.3 Å². The van der Waals surface area contributed by atoms with Gasteiger partial charge >= 0.3 is 0 Å². The maximum Gasteiger partial charge on any atom is 0.251 e. The number of aliphatic imine (C=N–C) groups is 1. The van der Waals surface area contributed by atoms with Crippen LogP contribution < -0.4 is 25.4 Å². The summed E-state index contributed by atoms with van der Waals surface area (Å²) in [4.78, 5) is 15.9. The standard InChI is InChI=1S/C23H30N4O3/c1-5-29-20-11-18-10-15(2)30-21(18)12-19(20)14-27-23(25-4)26-13-16-6-8-17(9-7-16)22(28)24-3/h6-9,11-12,15H,5,10,13-14H2,1-4H3,(H,24,28)(H2,25,26,27). The Hall–Kier alpha value is -3.22. The monoisotopic (exact) mass is 410 g/mol. The van der Waals surface area contributed by atoms with E-state index in [9.17, 15) is 4.79 Å². The van der Waals surface area contributed by atoms with Gasteiger partial charge in [-0.05, 0) is 43.7 Å². The molecule has 2 aromatic carbocycles. The lowest BCUT2D eigenvalue weighted by atomic mass is 10.1. The summed E-state index contributed by atoms with van der Waals surface area (Å²) in [6, 6.07) is 11.6. The molecule has 0 radical (unpaired) electrons. The first-order valence-corrected chi connectivity index (χ1v) is 10.2. The maximum atomic E-state index is 11.6. The molecule has 30 heavy (non-hydrogen) atoms. The fourth-order valence-corrected chi connectivity index (χ4v) is 3.41. The largest absolute Gasteiger partial charge is 0.494 e. The van der Waals surface area contributed by atoms with Crippen LogP contribution in [0.4, 0.5) is 0 Å². The summed E-state index contributed by atoms with van der Waals surface area (Å²) in [5.41, 5.74) is 3.92. The SMILES string of the molecule is CCOc1cc2c(cc1CNC(=NC)NCc1ccc(C(=O)NC)cc1)OC(C)C2. The quantitative estimate of drug-likeness (QED) is 0.483. The molecule has 0 aliphatic carbocycles. The molecular weight excluding hydrogens is 380 g/mol. The lowest BCUT2D eigenvalue weighted by molar-refractivity contribution is 0.0963. The summed E-state index contributed by atoms with van der Waals surface area (Å²) in [6.07, 6.45) is 1.10. The van der Waals surface area contributed by atoms with Crippen molar-refractivity contribution in [3.63, 3.8) is 0 Å². The van der Waals surface area contributed by atoms with Gasteiger partial charge in [0.1, 0.15) is 17.6 Å². The van der Waals surface area contributed by atoms with Gasteiger partial charge in [-0.15, -0.1) is 0 Å². The molecule has 0 spiro atoms. The molecule has 0 saturated heterocycles. The van der Waals surface area contributed by atoms with Gasteiger partial charge in [-0.2, -0.15) is 0 Å². The van der Waals surface area contributed by atoms with Crippen molar-refractivity contribution in [1.82, 2.24) is 16.0 Å². The molecule has 1 aliphatic heterocycles. The number of fused-ring (bicyclic) bond motifs is 1. The molecule has 1 aliphatic rings. The van der Waals surface area contributed by atoms with Crippen molar-refractivity contribution in [2.45, 2.75) is 39.5 Å². The van der Waals surface area contributed by atoms with Crippen molar-refractivity contribution in [2.24, 2.45) is 4.99 Å². The van der Waals surface area contributed by atoms with E-state index in [1.54, 1.807) is 14.1 Å². The number of hydrogen-bond acceptors (Lipinski definition) is 4. The number of benzene rings is 2. The van der Waals surface area contributed by atoms with E-state index in [-0.39, 0.29) is 12.0 Å². The number of amides is 1. The number of rotatable bonds is 7. The predicted octanol–water partition coefficient (Wildman–Crippen LogP) is 2.63. The fourth-order valence-electron chi connectivity index (χ4n) is 3.41. The molecular formula is C23H30N4O3. The third-order valence-electron chi connectivity index (χ3n) is 4.95. The van der Waals surface area contributed by atoms with Crippen molar-refractivity contribution < 1.29 is 14.3 Å². The summed E-state index contributed by atoms with van der Waals surface area (Å²) in [7, 11) is 3.36. The molecule has 0 aromatic heterocycles. The van der Waals surface area contributed by atoms with Crippen molar-refractivity contribution >= 4 is 11.9 Å². The van der Waals surface area contributed by atoms with Gasteiger partial charge in [-0.3, -0.25) is 9.79 Å². The first kappa shape index (κ1) is 21.5. The van der Waals surface area contributed by atoms with Crippen molar-refractivity contribution in [1.29, 1.82) is 0 Å². The van der Waals surface area contributed by atoms with E-state index in [4.69, 9.17) is 9.47 Å². The van der Waals surface area contributed by atoms with Crippen LogP contribution >= 0.6 is 0 Å². The van der Waals surface area contributed by atoms with Crippen molar-refractivity contribution in [3.8, 4) is 11.5 Å². The molecule has 1 unspecified atom stereocenters. The van der Waals surface area contributed by atoms with Crippen LogP contribution in [-0.4, -0.2) is 38.7 Å². The second-order valence-electron chi connectivity index (χ2n) is 7.19. The molecule has 1 atom stereocenters. The Morgan fingerprint density at radius 3 is 2.60 bits per heavy atom. The van der Waals surface area contributed by atoms with E-state index in [1.165, 1.54) is 5.56 Å². The second-order valence-corrected chi connectivity index (χ2v) is 7.19. The van der Waals surface area contributed by atoms with E-state index in [0.717, 1.165) is 29.0 Å². The smallest absolute Gasteiger partial charge is 0.251 e. The minimum atomic E-state index is -0.0928. The predicted molar refractivity (Wildman–Crippen MR) is 118 cm³/mol. The second kappa shape index (κ2) is 10.0. The first-order chi connectivity index (χ1) is 14.5. The third kappa shape index (κ3) is 5.23. The van der Waals surface area contributed by atoms with Crippen LogP contribution in [0.1, 0.15) is 40.9 Å². The van der Waals surface area contributed by atoms with Crippen LogP contribution in [0, 0.1) is 0 Å². The highest BCUT2D eigenvalue weighted by Crippen LogP contribution is 2.35. The molecule has 0 saturated carbocycles. The van der Waals surface area contributed by atoms with Gasteiger partial charge in [0.05, 0.1) is 6.61 Å². The molecule has 2 aromatic rings. The van der Waals surface area contributed by atoms with Gasteiger partial charge < -0.3 is 25.4 Å². The molecule has 7 heteroatoms. The number of guanidine groups is 1.